The van der Waals surface area contributed by atoms with Gasteiger partial charge in [0.05, 0.1) is 11.4 Å². The van der Waals surface area contributed by atoms with E-state index in [1.54, 1.807) is 18.2 Å². The van der Waals surface area contributed by atoms with E-state index in [9.17, 15) is 8.42 Å². The lowest BCUT2D eigenvalue weighted by Crippen LogP contribution is -2.37. The van der Waals surface area contributed by atoms with Crippen LogP contribution in [0.5, 0.6) is 0 Å². The summed E-state index contributed by atoms with van der Waals surface area (Å²) in [6, 6.07) is 4.76. The molecular weight excluding hydrogens is 306 g/mol. The van der Waals surface area contributed by atoms with Crippen LogP contribution in [0.1, 0.15) is 19.3 Å². The summed E-state index contributed by atoms with van der Waals surface area (Å²) < 4.78 is 35.6. The molecule has 0 radical (unpaired) electrons. The van der Waals surface area contributed by atoms with E-state index in [0.717, 1.165) is 30.6 Å². The van der Waals surface area contributed by atoms with Gasteiger partial charge in [0, 0.05) is 11.4 Å². The van der Waals surface area contributed by atoms with Crippen LogP contribution < -0.4 is 4.72 Å². The Bertz CT molecular complexity index is 683. The molecule has 19 heavy (non-hydrogen) atoms. The summed E-state index contributed by atoms with van der Waals surface area (Å²) in [6.45, 7) is 0. The first-order chi connectivity index (χ1) is 9.08. The molecule has 0 spiro atoms. The summed E-state index contributed by atoms with van der Waals surface area (Å²) >= 11 is 7.12. The van der Waals surface area contributed by atoms with Gasteiger partial charge < -0.3 is 0 Å². The highest BCUT2D eigenvalue weighted by Crippen LogP contribution is 2.37. The number of nitrogens with zero attached hydrogens (tertiary/aromatic N) is 2. The van der Waals surface area contributed by atoms with Crippen LogP contribution in [-0.4, -0.2) is 19.8 Å². The second-order valence-electron chi connectivity index (χ2n) is 4.56. The molecule has 0 bridgehead atoms. The quantitative estimate of drug-likeness (QED) is 0.884. The fraction of sp³-hybridized carbons (Fsp3) is 0.455. The average molecular weight is 318 g/mol. The Morgan fingerprint density at radius 3 is 2.89 bits per heavy atom. The van der Waals surface area contributed by atoms with Gasteiger partial charge >= 0.3 is 0 Å². The highest BCUT2D eigenvalue weighted by Gasteiger charge is 2.31. The van der Waals surface area contributed by atoms with Gasteiger partial charge in [-0.1, -0.05) is 12.5 Å². The van der Waals surface area contributed by atoms with Crippen molar-refractivity contribution in [1.29, 1.82) is 0 Å². The van der Waals surface area contributed by atoms with Crippen molar-refractivity contribution in [3.05, 3.63) is 18.2 Å². The molecule has 102 valence electrons. The number of alkyl halides is 1. The molecule has 3 rings (SSSR count). The predicted octanol–water partition coefficient (Wildman–Crippen LogP) is 2.85. The van der Waals surface area contributed by atoms with Crippen molar-refractivity contribution in [2.24, 2.45) is 8.73 Å². The molecule has 1 aromatic rings. The monoisotopic (exact) mass is 317 g/mol. The van der Waals surface area contributed by atoms with Gasteiger partial charge in [0.25, 0.3) is 0 Å². The molecule has 2 aliphatic rings. The Labute approximate surface area is 120 Å². The molecule has 0 aromatic heterocycles. The molecule has 1 heterocycles. The summed E-state index contributed by atoms with van der Waals surface area (Å²) in [4.78, 5) is 0.175. The molecule has 1 aliphatic heterocycles. The van der Waals surface area contributed by atoms with Crippen LogP contribution in [-0.2, 0) is 21.4 Å². The first kappa shape index (κ1) is 13.2. The largest absolute Gasteiger partial charge is 0.243 e. The van der Waals surface area contributed by atoms with Crippen LogP contribution in [0.15, 0.2) is 31.8 Å². The number of hydrogen-bond donors (Lipinski definition) is 1. The minimum Gasteiger partial charge on any atom is -0.207 e. The maximum Gasteiger partial charge on any atom is 0.243 e. The Morgan fingerprint density at radius 2 is 2.16 bits per heavy atom. The molecule has 1 fully saturated rings. The number of rotatable bonds is 3. The average Bonchev–Trinajstić information content (AvgIpc) is 2.98. The van der Waals surface area contributed by atoms with Crippen LogP contribution in [0.4, 0.5) is 11.4 Å². The van der Waals surface area contributed by atoms with E-state index in [4.69, 9.17) is 11.6 Å². The van der Waals surface area contributed by atoms with Crippen LogP contribution in [0, 0.1) is 0 Å². The van der Waals surface area contributed by atoms with Gasteiger partial charge in [0.1, 0.15) is 16.3 Å². The summed E-state index contributed by atoms with van der Waals surface area (Å²) in [6.07, 6.45) is 2.57. The third-order valence-corrected chi connectivity index (χ3v) is 5.86. The molecule has 2 atom stereocenters. The molecule has 1 N–H and O–H groups in total. The Kier molecular flexibility index (Phi) is 3.46. The van der Waals surface area contributed by atoms with E-state index in [1.165, 1.54) is 0 Å². The Hall–Kier alpha value is -0.760. The van der Waals surface area contributed by atoms with Crippen molar-refractivity contribution in [3.63, 3.8) is 0 Å². The van der Waals surface area contributed by atoms with Crippen molar-refractivity contribution >= 4 is 44.4 Å². The van der Waals surface area contributed by atoms with Gasteiger partial charge in [0.2, 0.25) is 10.0 Å². The van der Waals surface area contributed by atoms with E-state index < -0.39 is 10.0 Å². The summed E-state index contributed by atoms with van der Waals surface area (Å²) in [7, 11) is -3.60. The smallest absolute Gasteiger partial charge is 0.207 e. The summed E-state index contributed by atoms with van der Waals surface area (Å²) in [5.41, 5.74) is 1.02. The summed E-state index contributed by atoms with van der Waals surface area (Å²) in [5.74, 6) is 0. The molecule has 8 heteroatoms. The van der Waals surface area contributed by atoms with Gasteiger partial charge in [-0.05, 0) is 25.0 Å². The molecular formula is C11H12ClN3O2S2. The number of benzene rings is 1. The first-order valence-electron chi connectivity index (χ1n) is 5.95. The predicted molar refractivity (Wildman–Crippen MR) is 75.6 cm³/mol. The van der Waals surface area contributed by atoms with Crippen molar-refractivity contribution in [3.8, 4) is 0 Å². The number of fused-ring (bicyclic) bond motifs is 1. The maximum atomic E-state index is 12.4. The molecule has 0 amide bonds. The van der Waals surface area contributed by atoms with E-state index in [-0.39, 0.29) is 16.3 Å². The highest BCUT2D eigenvalue weighted by molar-refractivity contribution is 7.89. The molecule has 5 nitrogen and oxygen atoms in total. The zero-order valence-electron chi connectivity index (χ0n) is 9.91. The minimum atomic E-state index is -3.60. The van der Waals surface area contributed by atoms with Crippen LogP contribution >= 0.6 is 11.6 Å². The summed E-state index contributed by atoms with van der Waals surface area (Å²) in [5, 5.41) is -0.137. The normalized spacial score (nSPS) is 25.3. The van der Waals surface area contributed by atoms with Crippen molar-refractivity contribution in [2.45, 2.75) is 35.6 Å². The minimum absolute atomic E-state index is 0.137. The Balaban J connectivity index is 1.93. The van der Waals surface area contributed by atoms with E-state index in [2.05, 4.69) is 13.4 Å². The van der Waals surface area contributed by atoms with E-state index in [0.29, 0.717) is 11.4 Å². The number of sulfonamides is 1. The van der Waals surface area contributed by atoms with Crippen molar-refractivity contribution in [1.82, 2.24) is 4.72 Å². The zero-order valence-corrected chi connectivity index (χ0v) is 12.3. The topological polar surface area (TPSA) is 70.9 Å². The standard InChI is InChI=1S/C11H12ClN3O2S2/c12-7-3-1-4-8(7)15-19(16,17)10-6-2-5-9-11(10)14-18-13-9/h2,5-8,15H,1,3-4H2. The van der Waals surface area contributed by atoms with Crippen LogP contribution in [0.3, 0.4) is 0 Å². The fourth-order valence-electron chi connectivity index (χ4n) is 2.31. The lowest BCUT2D eigenvalue weighted by molar-refractivity contribution is 0.554. The van der Waals surface area contributed by atoms with Gasteiger partial charge in [-0.25, -0.2) is 13.1 Å². The third-order valence-electron chi connectivity index (χ3n) is 3.28. The van der Waals surface area contributed by atoms with Gasteiger partial charge in [-0.2, -0.15) is 8.73 Å². The van der Waals surface area contributed by atoms with E-state index >= 15 is 0 Å². The number of hydrogen-bond acceptors (Lipinski definition) is 4. The molecule has 1 saturated carbocycles. The van der Waals surface area contributed by atoms with Gasteiger partial charge in [0.15, 0.2) is 0 Å². The molecule has 1 aromatic carbocycles. The van der Waals surface area contributed by atoms with Gasteiger partial charge in [-0.3, -0.25) is 0 Å². The zero-order chi connectivity index (χ0) is 13.5. The van der Waals surface area contributed by atoms with Crippen LogP contribution in [0.25, 0.3) is 0 Å². The second kappa shape index (κ2) is 4.97. The van der Waals surface area contributed by atoms with E-state index in [1.807, 2.05) is 0 Å². The number of nitrogens with one attached hydrogen (secondary N) is 1. The SMILES string of the molecule is O=S(=O)(NC1CCCC1Cl)c1cccc2c1N=S=N2. The highest BCUT2D eigenvalue weighted by atomic mass is 35.5. The second-order valence-corrected chi connectivity index (χ2v) is 7.33. The van der Waals surface area contributed by atoms with Gasteiger partial charge in [-0.15, -0.1) is 11.6 Å². The van der Waals surface area contributed by atoms with Crippen molar-refractivity contribution in [2.75, 3.05) is 0 Å². The van der Waals surface area contributed by atoms with Crippen LogP contribution in [0.2, 0.25) is 0 Å². The maximum absolute atomic E-state index is 12.4. The fourth-order valence-corrected chi connectivity index (χ4v) is 4.80. The lowest BCUT2D eigenvalue weighted by Gasteiger charge is -2.16. The third kappa shape index (κ3) is 2.47. The lowest BCUT2D eigenvalue weighted by atomic mass is 10.3. The molecule has 1 aliphatic carbocycles. The van der Waals surface area contributed by atoms with Crippen molar-refractivity contribution < 1.29 is 8.42 Å². The molecule has 2 unspecified atom stereocenters. The Morgan fingerprint density at radius 1 is 1.32 bits per heavy atom. The molecule has 0 saturated heterocycles. The number of halogens is 1. The first-order valence-corrected chi connectivity index (χ1v) is 8.60.